The fourth-order valence-electron chi connectivity index (χ4n) is 1.80. The number of rotatable bonds is 6. The highest BCUT2D eigenvalue weighted by molar-refractivity contribution is 6.32. The first-order valence-electron chi connectivity index (χ1n) is 6.61. The molecule has 0 radical (unpaired) electrons. The first-order chi connectivity index (χ1) is 10.1. The second kappa shape index (κ2) is 7.29. The lowest BCUT2D eigenvalue weighted by Crippen LogP contribution is -2.26. The molecule has 0 amide bonds. The maximum atomic E-state index is 13.1. The predicted molar refractivity (Wildman–Crippen MR) is 82.6 cm³/mol. The molecule has 0 bridgehead atoms. The average Bonchev–Trinajstić information content (AvgIpc) is 2.47. The van der Waals surface area contributed by atoms with Gasteiger partial charge >= 0.3 is 0 Å². The second-order valence-corrected chi connectivity index (χ2v) is 5.15. The molecule has 0 saturated heterocycles. The Labute approximate surface area is 128 Å². The van der Waals surface area contributed by atoms with Gasteiger partial charge in [-0.25, -0.2) is 4.39 Å². The van der Waals surface area contributed by atoms with Gasteiger partial charge in [0.2, 0.25) is 0 Å². The minimum atomic E-state index is -0.702. The zero-order chi connectivity index (χ0) is 15.2. The van der Waals surface area contributed by atoms with Crippen molar-refractivity contribution < 1.29 is 14.2 Å². The summed E-state index contributed by atoms with van der Waals surface area (Å²) < 4.78 is 18.6. The Kier molecular flexibility index (Phi) is 5.42. The third-order valence-corrected chi connectivity index (χ3v) is 3.28. The molecular weight excluding hydrogens is 293 g/mol. The van der Waals surface area contributed by atoms with Crippen molar-refractivity contribution in [3.05, 3.63) is 58.9 Å². The van der Waals surface area contributed by atoms with Crippen LogP contribution in [0, 0.1) is 12.7 Å². The van der Waals surface area contributed by atoms with Crippen LogP contribution in [0.3, 0.4) is 0 Å². The van der Waals surface area contributed by atoms with Crippen LogP contribution in [0.5, 0.6) is 5.75 Å². The molecule has 2 aromatic rings. The van der Waals surface area contributed by atoms with E-state index in [0.717, 1.165) is 5.69 Å². The van der Waals surface area contributed by atoms with E-state index in [1.807, 2.05) is 12.1 Å². The van der Waals surface area contributed by atoms with E-state index in [1.165, 1.54) is 6.07 Å². The number of ether oxygens (including phenoxy) is 1. The molecule has 5 heteroatoms. The molecule has 3 nitrogen and oxygen atoms in total. The molecule has 0 aliphatic rings. The maximum absolute atomic E-state index is 13.1. The standard InChI is InChI=1S/C16H17ClFNO2/c1-11-8-12(6-7-15(11)18)19-9-13(20)10-21-16-5-3-2-4-14(16)17/h2-8,13,19-20H,9-10H2,1H3. The molecule has 2 aromatic carbocycles. The number of hydrogen-bond acceptors (Lipinski definition) is 3. The molecular formula is C16H17ClFNO2. The maximum Gasteiger partial charge on any atom is 0.138 e. The number of nitrogens with one attached hydrogen (secondary N) is 1. The number of halogens is 2. The summed E-state index contributed by atoms with van der Waals surface area (Å²) in [6.07, 6.45) is -0.702. The minimum absolute atomic E-state index is 0.122. The summed E-state index contributed by atoms with van der Waals surface area (Å²) in [5.74, 6) is 0.291. The zero-order valence-corrected chi connectivity index (χ0v) is 12.4. The van der Waals surface area contributed by atoms with Gasteiger partial charge in [-0.1, -0.05) is 23.7 Å². The van der Waals surface area contributed by atoms with Crippen LogP contribution >= 0.6 is 11.6 Å². The van der Waals surface area contributed by atoms with Crippen molar-refractivity contribution in [2.24, 2.45) is 0 Å². The summed E-state index contributed by atoms with van der Waals surface area (Å²) in [4.78, 5) is 0. The third kappa shape index (κ3) is 4.62. The normalized spacial score (nSPS) is 12.0. The summed E-state index contributed by atoms with van der Waals surface area (Å²) >= 11 is 5.96. The lowest BCUT2D eigenvalue weighted by Gasteiger charge is -2.15. The monoisotopic (exact) mass is 309 g/mol. The van der Waals surface area contributed by atoms with Crippen LogP contribution in [-0.4, -0.2) is 24.4 Å². The van der Waals surface area contributed by atoms with Crippen molar-refractivity contribution in [3.63, 3.8) is 0 Å². The fourth-order valence-corrected chi connectivity index (χ4v) is 1.99. The molecule has 1 atom stereocenters. The van der Waals surface area contributed by atoms with Crippen LogP contribution in [0.25, 0.3) is 0 Å². The average molecular weight is 310 g/mol. The molecule has 0 heterocycles. The van der Waals surface area contributed by atoms with E-state index in [-0.39, 0.29) is 12.4 Å². The van der Waals surface area contributed by atoms with Crippen molar-refractivity contribution in [1.29, 1.82) is 0 Å². The fraction of sp³-hybridized carbons (Fsp3) is 0.250. The number of benzene rings is 2. The van der Waals surface area contributed by atoms with Gasteiger partial charge in [0.25, 0.3) is 0 Å². The Morgan fingerprint density at radius 1 is 1.29 bits per heavy atom. The number of aliphatic hydroxyl groups is 1. The lowest BCUT2D eigenvalue weighted by atomic mass is 10.2. The van der Waals surface area contributed by atoms with E-state index in [4.69, 9.17) is 16.3 Å². The van der Waals surface area contributed by atoms with Crippen molar-refractivity contribution in [2.75, 3.05) is 18.5 Å². The highest BCUT2D eigenvalue weighted by Gasteiger charge is 2.07. The van der Waals surface area contributed by atoms with Crippen molar-refractivity contribution >= 4 is 17.3 Å². The Morgan fingerprint density at radius 3 is 2.76 bits per heavy atom. The van der Waals surface area contributed by atoms with Gasteiger partial charge in [-0.15, -0.1) is 0 Å². The Bertz CT molecular complexity index is 607. The van der Waals surface area contributed by atoms with Crippen LogP contribution in [-0.2, 0) is 0 Å². The van der Waals surface area contributed by atoms with Gasteiger partial charge in [0, 0.05) is 12.2 Å². The molecule has 21 heavy (non-hydrogen) atoms. The van der Waals surface area contributed by atoms with Gasteiger partial charge in [0.15, 0.2) is 0 Å². The highest BCUT2D eigenvalue weighted by atomic mass is 35.5. The van der Waals surface area contributed by atoms with Crippen molar-refractivity contribution in [1.82, 2.24) is 0 Å². The van der Waals surface area contributed by atoms with Gasteiger partial charge in [-0.2, -0.15) is 0 Å². The van der Waals surface area contributed by atoms with E-state index in [9.17, 15) is 9.50 Å². The van der Waals surface area contributed by atoms with Gasteiger partial charge in [0.1, 0.15) is 24.3 Å². The van der Waals surface area contributed by atoms with E-state index in [2.05, 4.69) is 5.32 Å². The Hall–Kier alpha value is -1.78. The van der Waals surface area contributed by atoms with Crippen molar-refractivity contribution in [3.8, 4) is 5.75 Å². The number of hydrogen-bond donors (Lipinski definition) is 2. The Morgan fingerprint density at radius 2 is 2.05 bits per heavy atom. The SMILES string of the molecule is Cc1cc(NCC(O)COc2ccccc2Cl)ccc1F. The predicted octanol–water partition coefficient (Wildman–Crippen LogP) is 3.64. The highest BCUT2D eigenvalue weighted by Crippen LogP contribution is 2.23. The van der Waals surface area contributed by atoms with Crippen molar-refractivity contribution in [2.45, 2.75) is 13.0 Å². The second-order valence-electron chi connectivity index (χ2n) is 4.74. The number of anilines is 1. The first kappa shape index (κ1) is 15.6. The molecule has 0 saturated carbocycles. The molecule has 0 fully saturated rings. The van der Waals surface area contributed by atoms with E-state index >= 15 is 0 Å². The van der Waals surface area contributed by atoms with Crippen LogP contribution in [0.4, 0.5) is 10.1 Å². The first-order valence-corrected chi connectivity index (χ1v) is 6.99. The summed E-state index contributed by atoms with van der Waals surface area (Å²) in [5.41, 5.74) is 1.31. The van der Waals surface area contributed by atoms with Gasteiger partial charge in [-0.3, -0.25) is 0 Å². The van der Waals surface area contributed by atoms with Crippen LogP contribution in [0.1, 0.15) is 5.56 Å². The molecule has 2 rings (SSSR count). The van der Waals surface area contributed by atoms with E-state index in [0.29, 0.717) is 22.9 Å². The molecule has 0 spiro atoms. The quantitative estimate of drug-likeness (QED) is 0.856. The minimum Gasteiger partial charge on any atom is -0.489 e. The molecule has 0 aliphatic heterocycles. The summed E-state index contributed by atoms with van der Waals surface area (Å²) in [6.45, 7) is 2.11. The number of aryl methyl sites for hydroxylation is 1. The molecule has 0 aliphatic carbocycles. The number of para-hydroxylation sites is 1. The van der Waals surface area contributed by atoms with Gasteiger partial charge < -0.3 is 15.2 Å². The Balaban J connectivity index is 1.81. The number of aliphatic hydroxyl groups excluding tert-OH is 1. The van der Waals surface area contributed by atoms with E-state index in [1.54, 1.807) is 31.2 Å². The van der Waals surface area contributed by atoms with Gasteiger partial charge in [0.05, 0.1) is 5.02 Å². The topological polar surface area (TPSA) is 41.5 Å². The lowest BCUT2D eigenvalue weighted by molar-refractivity contribution is 0.117. The molecule has 0 aromatic heterocycles. The van der Waals surface area contributed by atoms with E-state index < -0.39 is 6.10 Å². The molecule has 112 valence electrons. The third-order valence-electron chi connectivity index (χ3n) is 2.97. The van der Waals surface area contributed by atoms with Crippen LogP contribution in [0.15, 0.2) is 42.5 Å². The largest absolute Gasteiger partial charge is 0.489 e. The zero-order valence-electron chi connectivity index (χ0n) is 11.6. The summed E-state index contributed by atoms with van der Waals surface area (Å²) in [5, 5.41) is 13.4. The summed E-state index contributed by atoms with van der Waals surface area (Å²) in [6, 6.07) is 11.8. The molecule has 1 unspecified atom stereocenters. The summed E-state index contributed by atoms with van der Waals surface area (Å²) in [7, 11) is 0. The smallest absolute Gasteiger partial charge is 0.138 e. The van der Waals surface area contributed by atoms with Crippen LogP contribution < -0.4 is 10.1 Å². The van der Waals surface area contributed by atoms with Crippen LogP contribution in [0.2, 0.25) is 5.02 Å². The van der Waals surface area contributed by atoms with Gasteiger partial charge in [-0.05, 0) is 42.8 Å². The molecule has 2 N–H and O–H groups in total.